The number of anilines is 1. The number of hydrogen-bond donors (Lipinski definition) is 4. The van der Waals surface area contributed by atoms with Crippen molar-refractivity contribution in [2.75, 3.05) is 11.9 Å². The van der Waals surface area contributed by atoms with E-state index in [1.807, 2.05) is 27.7 Å². The van der Waals surface area contributed by atoms with Gasteiger partial charge in [0.2, 0.25) is 5.91 Å². The standard InChI is InChI=1S/C26H42N4O5/c1-16(2)23(29-18(5)6)22(31)14-20(8-7-13-28-26(27)34)24(32)30-21-11-9-19(10-12-21)15-35-25(33)17(3)4/h9-12,16-18,20,23,29H,7-8,13-15H2,1-6H3,(H,30,32)(H3,27,28,34). The number of ketones is 1. The number of urea groups is 1. The van der Waals surface area contributed by atoms with Crippen LogP contribution in [0.3, 0.4) is 0 Å². The maximum atomic E-state index is 13.1. The van der Waals surface area contributed by atoms with Crippen LogP contribution in [0.15, 0.2) is 24.3 Å². The Balaban J connectivity index is 2.85. The molecular weight excluding hydrogens is 448 g/mol. The van der Waals surface area contributed by atoms with Gasteiger partial charge < -0.3 is 26.4 Å². The lowest BCUT2D eigenvalue weighted by molar-refractivity contribution is -0.148. The first-order valence-electron chi connectivity index (χ1n) is 12.3. The average Bonchev–Trinajstić information content (AvgIpc) is 2.77. The number of nitrogens with two attached hydrogens (primary N) is 1. The molecule has 0 fully saturated rings. The fourth-order valence-electron chi connectivity index (χ4n) is 3.52. The molecule has 0 aliphatic carbocycles. The van der Waals surface area contributed by atoms with Crippen LogP contribution in [0.4, 0.5) is 10.5 Å². The molecule has 9 heteroatoms. The predicted molar refractivity (Wildman–Crippen MR) is 137 cm³/mol. The molecule has 1 aromatic carbocycles. The number of esters is 1. The molecule has 1 aromatic rings. The van der Waals surface area contributed by atoms with Crippen LogP contribution >= 0.6 is 0 Å². The SMILES string of the molecule is CC(C)NC(C(=O)CC(CCCNC(N)=O)C(=O)Nc1ccc(COC(=O)C(C)C)cc1)C(C)C. The molecule has 3 amide bonds. The van der Waals surface area contributed by atoms with Crippen LogP contribution < -0.4 is 21.7 Å². The Labute approximate surface area is 208 Å². The number of carbonyl (C=O) groups excluding carboxylic acids is 4. The Morgan fingerprint density at radius 3 is 2.11 bits per heavy atom. The van der Waals surface area contributed by atoms with Crippen molar-refractivity contribution in [3.8, 4) is 0 Å². The molecule has 0 aliphatic rings. The maximum absolute atomic E-state index is 13.1. The molecular formula is C26H42N4O5. The molecule has 0 spiro atoms. The number of Topliss-reactive ketones (excluding diaryl/α,β-unsaturated/α-hetero) is 1. The topological polar surface area (TPSA) is 140 Å². The second-order valence-corrected chi connectivity index (χ2v) is 9.79. The third-order valence-electron chi connectivity index (χ3n) is 5.45. The summed E-state index contributed by atoms with van der Waals surface area (Å²) < 4.78 is 5.22. The van der Waals surface area contributed by atoms with Crippen molar-refractivity contribution in [3.63, 3.8) is 0 Å². The third-order valence-corrected chi connectivity index (χ3v) is 5.45. The van der Waals surface area contributed by atoms with Gasteiger partial charge in [-0.2, -0.15) is 0 Å². The van der Waals surface area contributed by atoms with Crippen molar-refractivity contribution in [1.29, 1.82) is 0 Å². The number of primary amides is 1. The van der Waals surface area contributed by atoms with Gasteiger partial charge in [-0.25, -0.2) is 4.79 Å². The van der Waals surface area contributed by atoms with Crippen LogP contribution in [0.25, 0.3) is 0 Å². The van der Waals surface area contributed by atoms with Crippen LogP contribution in [0.1, 0.15) is 66.4 Å². The number of hydrogen-bond acceptors (Lipinski definition) is 6. The number of amides is 3. The highest BCUT2D eigenvalue weighted by Crippen LogP contribution is 2.19. The fraction of sp³-hybridized carbons (Fsp3) is 0.615. The quantitative estimate of drug-likeness (QED) is 0.220. The van der Waals surface area contributed by atoms with Crippen molar-refractivity contribution < 1.29 is 23.9 Å². The summed E-state index contributed by atoms with van der Waals surface area (Å²) in [5.41, 5.74) is 6.51. The fourth-order valence-corrected chi connectivity index (χ4v) is 3.52. The highest BCUT2D eigenvalue weighted by molar-refractivity contribution is 5.96. The molecule has 0 aromatic heterocycles. The van der Waals surface area contributed by atoms with E-state index in [0.29, 0.717) is 25.1 Å². The van der Waals surface area contributed by atoms with Crippen molar-refractivity contribution in [2.45, 2.75) is 79.5 Å². The summed E-state index contributed by atoms with van der Waals surface area (Å²) in [6.07, 6.45) is 1.03. The summed E-state index contributed by atoms with van der Waals surface area (Å²) >= 11 is 0. The molecule has 2 atom stereocenters. The summed E-state index contributed by atoms with van der Waals surface area (Å²) in [5.74, 6) is -1.21. The zero-order chi connectivity index (χ0) is 26.5. The van der Waals surface area contributed by atoms with Gasteiger partial charge in [0.25, 0.3) is 0 Å². The van der Waals surface area contributed by atoms with Crippen LogP contribution in [0.5, 0.6) is 0 Å². The van der Waals surface area contributed by atoms with Crippen LogP contribution in [-0.2, 0) is 25.7 Å². The number of benzene rings is 1. The molecule has 0 heterocycles. The normalized spacial score (nSPS) is 12.9. The highest BCUT2D eigenvalue weighted by atomic mass is 16.5. The molecule has 35 heavy (non-hydrogen) atoms. The average molecular weight is 491 g/mol. The van der Waals surface area contributed by atoms with Crippen molar-refractivity contribution in [3.05, 3.63) is 29.8 Å². The van der Waals surface area contributed by atoms with Gasteiger partial charge in [-0.15, -0.1) is 0 Å². The van der Waals surface area contributed by atoms with Crippen LogP contribution in [-0.4, -0.2) is 42.3 Å². The minimum absolute atomic E-state index is 0.0148. The van der Waals surface area contributed by atoms with E-state index in [9.17, 15) is 19.2 Å². The van der Waals surface area contributed by atoms with Gasteiger partial charge in [0.05, 0.1) is 12.0 Å². The summed E-state index contributed by atoms with van der Waals surface area (Å²) in [6.45, 7) is 11.9. The van der Waals surface area contributed by atoms with Gasteiger partial charge in [0.15, 0.2) is 5.78 Å². The van der Waals surface area contributed by atoms with Gasteiger partial charge in [-0.1, -0.05) is 53.7 Å². The Bertz CT molecular complexity index is 837. The monoisotopic (exact) mass is 490 g/mol. The first-order valence-corrected chi connectivity index (χ1v) is 12.3. The minimum atomic E-state index is -0.623. The first-order chi connectivity index (χ1) is 16.4. The Morgan fingerprint density at radius 1 is 0.971 bits per heavy atom. The molecule has 196 valence electrons. The lowest BCUT2D eigenvalue weighted by atomic mass is 9.89. The van der Waals surface area contributed by atoms with Crippen LogP contribution in [0.2, 0.25) is 0 Å². The number of ether oxygens (including phenoxy) is 1. The van der Waals surface area contributed by atoms with Crippen molar-refractivity contribution in [2.24, 2.45) is 23.5 Å². The smallest absolute Gasteiger partial charge is 0.312 e. The Hall–Kier alpha value is -2.94. The van der Waals surface area contributed by atoms with Gasteiger partial charge in [-0.05, 0) is 36.5 Å². The van der Waals surface area contributed by atoms with Gasteiger partial charge in [0.1, 0.15) is 6.61 Å². The summed E-state index contributed by atoms with van der Waals surface area (Å²) in [4.78, 5) is 48.8. The van der Waals surface area contributed by atoms with Gasteiger partial charge in [-0.3, -0.25) is 14.4 Å². The molecule has 0 saturated heterocycles. The minimum Gasteiger partial charge on any atom is -0.461 e. The third kappa shape index (κ3) is 11.8. The molecule has 5 N–H and O–H groups in total. The molecule has 0 saturated carbocycles. The molecule has 9 nitrogen and oxygen atoms in total. The van der Waals surface area contributed by atoms with E-state index in [2.05, 4.69) is 16.0 Å². The largest absolute Gasteiger partial charge is 0.461 e. The lowest BCUT2D eigenvalue weighted by Crippen LogP contribution is -2.45. The summed E-state index contributed by atoms with van der Waals surface area (Å²) in [5, 5.41) is 8.70. The van der Waals surface area contributed by atoms with Crippen LogP contribution in [0, 0.1) is 17.8 Å². The number of carbonyl (C=O) groups is 4. The van der Waals surface area contributed by atoms with E-state index in [1.165, 1.54) is 0 Å². The summed E-state index contributed by atoms with van der Waals surface area (Å²) in [6, 6.07) is 6.20. The molecule has 1 rings (SSSR count). The number of rotatable bonds is 15. The van der Waals surface area contributed by atoms with E-state index in [1.54, 1.807) is 38.1 Å². The van der Waals surface area contributed by atoms with E-state index in [0.717, 1.165) is 5.56 Å². The zero-order valence-electron chi connectivity index (χ0n) is 21.9. The first kappa shape index (κ1) is 30.1. The van der Waals surface area contributed by atoms with E-state index in [-0.39, 0.29) is 54.6 Å². The molecule has 2 unspecified atom stereocenters. The second-order valence-electron chi connectivity index (χ2n) is 9.79. The van der Waals surface area contributed by atoms with E-state index >= 15 is 0 Å². The van der Waals surface area contributed by atoms with Crippen molar-refractivity contribution >= 4 is 29.4 Å². The van der Waals surface area contributed by atoms with Gasteiger partial charge >= 0.3 is 12.0 Å². The summed E-state index contributed by atoms with van der Waals surface area (Å²) in [7, 11) is 0. The Kier molecular flexibility index (Phi) is 13.0. The van der Waals surface area contributed by atoms with E-state index < -0.39 is 11.9 Å². The molecule has 0 aliphatic heterocycles. The predicted octanol–water partition coefficient (Wildman–Crippen LogP) is 3.37. The Morgan fingerprint density at radius 2 is 1.60 bits per heavy atom. The maximum Gasteiger partial charge on any atom is 0.312 e. The zero-order valence-corrected chi connectivity index (χ0v) is 21.9. The van der Waals surface area contributed by atoms with E-state index in [4.69, 9.17) is 10.5 Å². The van der Waals surface area contributed by atoms with Crippen molar-refractivity contribution in [1.82, 2.24) is 10.6 Å². The molecule has 0 radical (unpaired) electrons. The second kappa shape index (κ2) is 15.1. The highest BCUT2D eigenvalue weighted by Gasteiger charge is 2.28. The molecule has 0 bridgehead atoms. The number of nitrogens with one attached hydrogen (secondary N) is 3. The van der Waals surface area contributed by atoms with Gasteiger partial charge in [0, 0.05) is 30.6 Å². The lowest BCUT2D eigenvalue weighted by Gasteiger charge is -2.25.